The quantitative estimate of drug-likeness (QED) is 0.0767. The number of benzene rings is 5. The lowest BCUT2D eigenvalue weighted by molar-refractivity contribution is -0.139. The molecule has 82 heavy (non-hydrogen) atoms. The summed E-state index contributed by atoms with van der Waals surface area (Å²) >= 11 is 15.2. The predicted molar refractivity (Wildman–Crippen MR) is 296 cm³/mol. The smallest absolute Gasteiger partial charge is 0.508 e. The van der Waals surface area contributed by atoms with E-state index in [2.05, 4.69) is 77.4 Å². The molecule has 0 saturated carbocycles. The van der Waals surface area contributed by atoms with Crippen molar-refractivity contribution in [2.75, 3.05) is 0 Å². The van der Waals surface area contributed by atoms with Gasteiger partial charge < -0.3 is 14.4 Å². The minimum Gasteiger partial charge on any atom is -0.508 e. The van der Waals surface area contributed by atoms with Crippen molar-refractivity contribution in [3.8, 4) is 17.2 Å². The van der Waals surface area contributed by atoms with Crippen LogP contribution in [0.25, 0.3) is 0 Å². The van der Waals surface area contributed by atoms with Gasteiger partial charge in [0.25, 0.3) is 0 Å². The Morgan fingerprint density at radius 2 is 0.659 bits per heavy atom. The Kier molecular flexibility index (Phi) is 30.7. The van der Waals surface area contributed by atoms with Crippen LogP contribution in [-0.4, -0.2) is 55.2 Å². The number of aromatic hydroxyl groups is 2. The molecule has 0 radical (unpaired) electrons. The van der Waals surface area contributed by atoms with Crippen molar-refractivity contribution in [2.45, 2.75) is 126 Å². The molecule has 2 N–H and O–H groups in total. The van der Waals surface area contributed by atoms with Crippen LogP contribution in [0.4, 0.5) is 65.9 Å². The van der Waals surface area contributed by atoms with Crippen LogP contribution in [0.1, 0.15) is 89.0 Å². The second kappa shape index (κ2) is 31.4. The van der Waals surface area contributed by atoms with Crippen LogP contribution in [0.2, 0.25) is 5.02 Å². The third-order valence-corrected chi connectivity index (χ3v) is 14.4. The van der Waals surface area contributed by atoms with Crippen molar-refractivity contribution in [1.29, 1.82) is 0 Å². The lowest BCUT2D eigenvalue weighted by Gasteiger charge is -2.13. The van der Waals surface area contributed by atoms with Crippen LogP contribution in [0.15, 0.2) is 60.7 Å². The van der Waals surface area contributed by atoms with E-state index in [9.17, 15) is 96.2 Å². The van der Waals surface area contributed by atoms with Gasteiger partial charge in [-0.15, -0.1) is 50.9 Å². The van der Waals surface area contributed by atoms with Crippen molar-refractivity contribution >= 4 is 92.4 Å². The van der Waals surface area contributed by atoms with E-state index in [1.54, 1.807) is 45.9 Å². The summed E-state index contributed by atoms with van der Waals surface area (Å²) in [7, 11) is -19.3. The van der Waals surface area contributed by atoms with Crippen LogP contribution >= 0.6 is 58.9 Å². The van der Waals surface area contributed by atoms with E-state index in [1.807, 2.05) is 37.4 Å². The Labute approximate surface area is 496 Å². The number of halogens is 19. The van der Waals surface area contributed by atoms with Crippen LogP contribution in [0.5, 0.6) is 17.2 Å². The average Bonchev–Trinajstić information content (AvgIpc) is 3.24. The van der Waals surface area contributed by atoms with Crippen LogP contribution in [0.3, 0.4) is 0 Å². The highest BCUT2D eigenvalue weighted by Gasteiger charge is 2.57. The van der Waals surface area contributed by atoms with Gasteiger partial charge in [-0.1, -0.05) is 41.4 Å². The van der Waals surface area contributed by atoms with Gasteiger partial charge in [-0.2, -0.15) is 91.1 Å². The lowest BCUT2D eigenvalue weighted by Crippen LogP contribution is -2.34. The Bertz CT molecular complexity index is 3110. The summed E-state index contributed by atoms with van der Waals surface area (Å²) in [6, 6.07) is 16.2. The summed E-state index contributed by atoms with van der Waals surface area (Å²) in [6.07, 6.45) is -8.63. The molecule has 0 atom stereocenters. The number of alkyl halides is 15. The predicted octanol–water partition coefficient (Wildman–Crippen LogP) is 17.9. The monoisotopic (exact) mass is 1470 g/mol. The summed E-state index contributed by atoms with van der Waals surface area (Å²) < 4.78 is 247. The van der Waals surface area contributed by atoms with E-state index in [1.165, 1.54) is 62.6 Å². The van der Waals surface area contributed by atoms with Crippen molar-refractivity contribution in [3.63, 3.8) is 0 Å². The molecule has 0 amide bonds. The summed E-state index contributed by atoms with van der Waals surface area (Å²) in [5, 5.41) is 19.3. The van der Waals surface area contributed by atoms with Gasteiger partial charge in [0.1, 0.15) is 17.2 Å². The van der Waals surface area contributed by atoms with Gasteiger partial charge >= 0.3 is 62.4 Å². The van der Waals surface area contributed by atoms with Gasteiger partial charge in [0.15, 0.2) is 0 Å². The van der Waals surface area contributed by atoms with E-state index in [0.29, 0.717) is 44.7 Å². The molecule has 5 rings (SSSR count). The van der Waals surface area contributed by atoms with E-state index in [-0.39, 0.29) is 20.2 Å². The van der Waals surface area contributed by atoms with Crippen LogP contribution in [0, 0.1) is 96.9 Å². The fraction of sp³-hybridized carbons (Fsp3) is 0.388. The fourth-order valence-corrected chi connectivity index (χ4v) is 8.31. The number of phenols is 2. The molecule has 0 heterocycles. The summed E-state index contributed by atoms with van der Waals surface area (Å²) in [5.41, 5.74) is -8.73. The minimum absolute atomic E-state index is 0.127. The van der Waals surface area contributed by atoms with Crippen molar-refractivity contribution in [2.24, 2.45) is 0 Å². The summed E-state index contributed by atoms with van der Waals surface area (Å²) in [6.45, 7) is 24.5. The van der Waals surface area contributed by atoms with Gasteiger partial charge in [0.2, 0.25) is 0 Å². The number of phenolic OH excluding ortho intramolecular Hbond substituents is 2. The Hall–Kier alpha value is -3.95. The highest BCUT2D eigenvalue weighted by Crippen LogP contribution is 2.37. The maximum atomic E-state index is 12.4. The van der Waals surface area contributed by atoms with E-state index in [4.69, 9.17) is 16.7 Å². The Morgan fingerprint density at radius 3 is 0.988 bits per heavy atom. The first-order valence-corrected chi connectivity index (χ1v) is 29.6. The lowest BCUT2D eigenvalue weighted by atomic mass is 10.00. The molecule has 0 saturated heterocycles. The molecular weight excluding hydrogens is 1420 g/mol. The van der Waals surface area contributed by atoms with Crippen molar-refractivity contribution in [1.82, 2.24) is 0 Å². The summed E-state index contributed by atoms with van der Waals surface area (Å²) in [4.78, 5) is 0. The van der Waals surface area contributed by atoms with Gasteiger partial charge in [0, 0.05) is 10.6 Å². The zero-order valence-electron chi connectivity index (χ0n) is 45.4. The van der Waals surface area contributed by atoms with Crippen LogP contribution in [-0.2, 0) is 46.3 Å². The van der Waals surface area contributed by atoms with Crippen molar-refractivity contribution in [3.05, 3.63) is 155 Å². The first-order chi connectivity index (χ1) is 36.3. The largest absolute Gasteiger partial charge is 0.534 e. The number of hydrogen-bond donors (Lipinski definition) is 2. The molecule has 5 aromatic carbocycles. The molecule has 0 aliphatic rings. The van der Waals surface area contributed by atoms with E-state index < -0.39 is 70.4 Å². The number of aryl methyl sites for hydroxylation is 9. The zero-order valence-corrected chi connectivity index (χ0v) is 53.4. The topological polar surface area (TPSA) is 161 Å². The third kappa shape index (κ3) is 27.0. The highest BCUT2D eigenvalue weighted by atomic mass is 79.9. The second-order valence-electron chi connectivity index (χ2n) is 17.4. The van der Waals surface area contributed by atoms with Gasteiger partial charge in [-0.05, 0) is 200 Å². The van der Waals surface area contributed by atoms with Gasteiger partial charge in [-0.3, -0.25) is 0 Å². The van der Waals surface area contributed by atoms with Crippen molar-refractivity contribution < 1.29 is 109 Å². The first kappa shape index (κ1) is 80.1. The van der Waals surface area contributed by atoms with E-state index in [0.717, 1.165) is 27.8 Å². The highest BCUT2D eigenvalue weighted by molar-refractivity contribution is 9.69. The molecule has 0 aliphatic carbocycles. The first-order valence-electron chi connectivity index (χ1n) is 22.2. The maximum Gasteiger partial charge on any atom is 0.534 e. The third-order valence-electron chi connectivity index (χ3n) is 10.5. The zero-order chi connectivity index (χ0) is 65.6. The normalized spacial score (nSPS) is 11.9. The fourth-order valence-electron chi connectivity index (χ4n) is 5.92. The molecule has 0 fully saturated rings. The number of hydrogen-bond acceptors (Lipinski definition) is 10. The van der Waals surface area contributed by atoms with E-state index >= 15 is 0 Å². The maximum absolute atomic E-state index is 12.4. The molecule has 5 aromatic rings. The molecule has 10 nitrogen and oxygen atoms in total. The molecule has 0 aromatic heterocycles. The van der Waals surface area contributed by atoms with Crippen LogP contribution < -0.4 is 4.18 Å². The molecule has 33 heteroatoms. The number of rotatable bonds is 4. The Balaban J connectivity index is 0. The minimum atomic E-state index is -6.85. The molecule has 0 spiro atoms. The molecule has 0 bridgehead atoms. The van der Waals surface area contributed by atoms with Gasteiger partial charge in [0.05, 0.1) is 11.1 Å². The van der Waals surface area contributed by atoms with Gasteiger partial charge in [-0.25, -0.2) is 0 Å². The SMILES string of the molecule is BrB(Br)Br.Cc1cc(C)c(C)c(C(F)(F)F)c1.Cc1cc(C)c(C)c(Cl)c1.Cc1cc(C)c(C)c(O)c1.Cc1cc(C)c(C)c(OS(=O)(=O)C(F)(F)F)c1.Cc1cc(O)c(C)c(C(F)(F)F)c1.O=S(=O)(OS(=O)(=O)C(F)(F)F)C(F)(F)F. The standard InChI is InChI=1S/C10H11F3O3S.C10H11F3.C9H11Cl.C9H9F3O.C9H12O.C2F6O5S2.BBr3/c1-6-4-7(2)8(3)9(5-6)16-17(14,15)10(11,12)13;1-6-4-7(2)8(3)9(5-6)10(11,12)13;1-6-4-7(2)8(3)9(10)5-6;1-5-3-7(9(10,11)12)6(2)8(13)4-5;1-6-4-7(2)8(3)9(10)5-6;3-1(4,5)14(9,10)13-15(11,12)2(6,7)8;2-1(3)4/h4-5H,1-3H3;4-5H,1-3H3;4-5H,1-3H3;3-4,13H,1-2H3;4-5,10H,1-3H3;;. The molecule has 464 valence electrons. The molecular formula is C49H54BBr3ClF15O10S3. The molecule has 0 aliphatic heterocycles. The molecule has 0 unspecified atom stereocenters. The second-order valence-corrected chi connectivity index (χ2v) is 29.1. The average molecular weight is 1470 g/mol. The summed E-state index contributed by atoms with van der Waals surface area (Å²) in [5.74, 6) is -0.204. The Morgan fingerprint density at radius 1 is 0.390 bits per heavy atom.